The molecule has 1 fully saturated rings. The van der Waals surface area contributed by atoms with Gasteiger partial charge in [-0.2, -0.15) is 0 Å². The fourth-order valence-electron chi connectivity index (χ4n) is 2.51. The largest absolute Gasteiger partial charge is 0.488 e. The summed E-state index contributed by atoms with van der Waals surface area (Å²) in [7, 11) is 0. The van der Waals surface area contributed by atoms with Crippen LogP contribution in [0.2, 0.25) is 5.02 Å². The number of nitrogens with zero attached hydrogens (tertiary/aromatic N) is 1. The molecule has 0 saturated carbocycles. The van der Waals surface area contributed by atoms with E-state index in [1.807, 2.05) is 6.07 Å². The number of carbonyl (C=O) groups excluding carboxylic acids is 2. The number of nitrogens with one attached hydrogen (secondary N) is 1. The number of hydrogen-bond acceptors (Lipinski definition) is 4. The van der Waals surface area contributed by atoms with E-state index in [9.17, 15) is 9.59 Å². The lowest BCUT2D eigenvalue weighted by Gasteiger charge is -2.28. The molecular formula is C20H15ClN2O3S. The number of hydrogen-bond donors (Lipinski definition) is 1. The van der Waals surface area contributed by atoms with Gasteiger partial charge in [0.15, 0.2) is 5.11 Å². The Morgan fingerprint density at radius 1 is 1.19 bits per heavy atom. The van der Waals surface area contributed by atoms with E-state index < -0.39 is 11.8 Å². The van der Waals surface area contributed by atoms with Crippen LogP contribution in [0.5, 0.6) is 5.75 Å². The van der Waals surface area contributed by atoms with Crippen LogP contribution in [0.3, 0.4) is 0 Å². The van der Waals surface area contributed by atoms with Gasteiger partial charge < -0.3 is 4.74 Å². The highest BCUT2D eigenvalue weighted by Gasteiger charge is 2.34. The van der Waals surface area contributed by atoms with Crippen LogP contribution in [0.1, 0.15) is 5.56 Å². The molecule has 0 bridgehead atoms. The molecule has 0 unspecified atom stereocenters. The van der Waals surface area contributed by atoms with Crippen LogP contribution in [0.15, 0.2) is 66.8 Å². The van der Waals surface area contributed by atoms with E-state index in [0.29, 0.717) is 28.6 Å². The lowest BCUT2D eigenvalue weighted by Crippen LogP contribution is -2.54. The second-order valence-corrected chi connectivity index (χ2v) is 6.38. The van der Waals surface area contributed by atoms with Gasteiger partial charge in [0.05, 0.1) is 10.7 Å². The van der Waals surface area contributed by atoms with E-state index >= 15 is 0 Å². The molecule has 5 nitrogen and oxygen atoms in total. The van der Waals surface area contributed by atoms with Gasteiger partial charge in [0.1, 0.15) is 17.9 Å². The molecule has 0 atom stereocenters. The first-order valence-electron chi connectivity index (χ1n) is 8.01. The number of ether oxygens (including phenoxy) is 1. The summed E-state index contributed by atoms with van der Waals surface area (Å²) in [6, 6.07) is 13.9. The zero-order valence-corrected chi connectivity index (χ0v) is 15.7. The van der Waals surface area contributed by atoms with Gasteiger partial charge in [-0.3, -0.25) is 19.8 Å². The highest BCUT2D eigenvalue weighted by atomic mass is 35.5. The fourth-order valence-corrected chi connectivity index (χ4v) is 3.03. The van der Waals surface area contributed by atoms with Crippen molar-refractivity contribution in [2.24, 2.45) is 0 Å². The van der Waals surface area contributed by atoms with Crippen molar-refractivity contribution in [3.05, 3.63) is 77.3 Å². The maximum atomic E-state index is 12.9. The van der Waals surface area contributed by atoms with Crippen LogP contribution in [0.4, 0.5) is 5.69 Å². The molecule has 2 amide bonds. The molecule has 1 aliphatic heterocycles. The van der Waals surface area contributed by atoms with Crippen molar-refractivity contribution in [3.63, 3.8) is 0 Å². The molecule has 0 aliphatic carbocycles. The highest BCUT2D eigenvalue weighted by molar-refractivity contribution is 7.80. The average molecular weight is 399 g/mol. The summed E-state index contributed by atoms with van der Waals surface area (Å²) < 4.78 is 5.42. The zero-order chi connectivity index (χ0) is 19.4. The summed E-state index contributed by atoms with van der Waals surface area (Å²) in [5, 5.41) is 2.95. The Morgan fingerprint density at radius 2 is 1.93 bits per heavy atom. The van der Waals surface area contributed by atoms with E-state index in [4.69, 9.17) is 28.6 Å². The molecule has 0 spiro atoms. The Kier molecular flexibility index (Phi) is 5.69. The smallest absolute Gasteiger partial charge is 0.270 e. The van der Waals surface area contributed by atoms with Crippen molar-refractivity contribution < 1.29 is 14.3 Å². The molecule has 136 valence electrons. The Hall–Kier alpha value is -2.96. The molecule has 3 rings (SSSR count). The topological polar surface area (TPSA) is 58.6 Å². The van der Waals surface area contributed by atoms with Gasteiger partial charge >= 0.3 is 0 Å². The Balaban J connectivity index is 1.93. The minimum absolute atomic E-state index is 0.0386. The first-order chi connectivity index (χ1) is 13.0. The predicted octanol–water partition coefficient (Wildman–Crippen LogP) is 3.74. The third-order valence-electron chi connectivity index (χ3n) is 3.74. The Morgan fingerprint density at radius 3 is 2.59 bits per heavy atom. The zero-order valence-electron chi connectivity index (χ0n) is 14.1. The van der Waals surface area contributed by atoms with Gasteiger partial charge in [0.25, 0.3) is 11.8 Å². The third kappa shape index (κ3) is 4.07. The Labute approximate surface area is 166 Å². The summed E-state index contributed by atoms with van der Waals surface area (Å²) >= 11 is 11.4. The van der Waals surface area contributed by atoms with Crippen LogP contribution in [0.25, 0.3) is 6.08 Å². The molecule has 0 aromatic heterocycles. The van der Waals surface area contributed by atoms with Gasteiger partial charge in [-0.15, -0.1) is 0 Å². The standard InChI is InChI=1S/C20H15ClN2O3S/c1-2-10-26-17-9-8-13(12-16(17)21)11-15-18(24)22-20(27)23(19(15)25)14-6-4-3-5-7-14/h2-9,11-12H,1,10H2,(H,22,24,27)/b15-11+. The Bertz CT molecular complexity index is 957. The maximum Gasteiger partial charge on any atom is 0.270 e. The summed E-state index contributed by atoms with van der Waals surface area (Å²) in [4.78, 5) is 26.5. The first-order valence-corrected chi connectivity index (χ1v) is 8.79. The van der Waals surface area contributed by atoms with E-state index in [0.717, 1.165) is 0 Å². The monoisotopic (exact) mass is 398 g/mol. The van der Waals surface area contributed by atoms with E-state index in [-0.39, 0.29) is 10.7 Å². The number of para-hydroxylation sites is 1. The van der Waals surface area contributed by atoms with E-state index in [1.54, 1.807) is 48.5 Å². The summed E-state index contributed by atoms with van der Waals surface area (Å²) in [5.41, 5.74) is 1.12. The van der Waals surface area contributed by atoms with E-state index in [1.165, 1.54) is 11.0 Å². The van der Waals surface area contributed by atoms with Crippen LogP contribution >= 0.6 is 23.8 Å². The summed E-state index contributed by atoms with van der Waals surface area (Å²) in [6.07, 6.45) is 3.08. The molecule has 2 aromatic rings. The van der Waals surface area contributed by atoms with Crippen molar-refractivity contribution in [1.29, 1.82) is 0 Å². The van der Waals surface area contributed by atoms with Crippen LogP contribution in [-0.2, 0) is 9.59 Å². The van der Waals surface area contributed by atoms with Crippen molar-refractivity contribution in [2.45, 2.75) is 0 Å². The number of carbonyl (C=O) groups is 2. The molecule has 2 aromatic carbocycles. The molecule has 1 heterocycles. The number of benzene rings is 2. The molecule has 1 N–H and O–H groups in total. The molecule has 0 radical (unpaired) electrons. The van der Waals surface area contributed by atoms with Crippen LogP contribution in [0, 0.1) is 0 Å². The summed E-state index contributed by atoms with van der Waals surface area (Å²) in [5.74, 6) is -0.566. The second-order valence-electron chi connectivity index (χ2n) is 5.58. The SMILES string of the molecule is C=CCOc1ccc(/C=C2\C(=O)NC(=S)N(c3ccccc3)C2=O)cc1Cl. The van der Waals surface area contributed by atoms with Crippen LogP contribution < -0.4 is 15.0 Å². The van der Waals surface area contributed by atoms with Gasteiger partial charge in [0, 0.05) is 0 Å². The van der Waals surface area contributed by atoms with E-state index in [2.05, 4.69) is 11.9 Å². The minimum Gasteiger partial charge on any atom is -0.488 e. The number of amides is 2. The molecular weight excluding hydrogens is 384 g/mol. The third-order valence-corrected chi connectivity index (χ3v) is 4.32. The van der Waals surface area contributed by atoms with Crippen molar-refractivity contribution in [2.75, 3.05) is 11.5 Å². The number of thiocarbonyl (C=S) groups is 1. The normalized spacial score (nSPS) is 15.7. The highest BCUT2D eigenvalue weighted by Crippen LogP contribution is 2.27. The molecule has 1 saturated heterocycles. The maximum absolute atomic E-state index is 12.9. The van der Waals surface area contributed by atoms with Crippen molar-refractivity contribution in [1.82, 2.24) is 5.32 Å². The minimum atomic E-state index is -0.555. The van der Waals surface area contributed by atoms with Gasteiger partial charge in [-0.05, 0) is 48.1 Å². The lowest BCUT2D eigenvalue weighted by atomic mass is 10.1. The van der Waals surface area contributed by atoms with Crippen LogP contribution in [-0.4, -0.2) is 23.5 Å². The molecule has 7 heteroatoms. The fraction of sp³-hybridized carbons (Fsp3) is 0.0500. The quantitative estimate of drug-likeness (QED) is 0.361. The number of halogens is 1. The molecule has 1 aliphatic rings. The van der Waals surface area contributed by atoms with Gasteiger partial charge in [-0.1, -0.05) is 48.5 Å². The number of rotatable bonds is 5. The van der Waals surface area contributed by atoms with Crippen molar-refractivity contribution in [3.8, 4) is 5.75 Å². The lowest BCUT2D eigenvalue weighted by molar-refractivity contribution is -0.122. The average Bonchev–Trinajstić information content (AvgIpc) is 2.65. The predicted molar refractivity (Wildman–Crippen MR) is 110 cm³/mol. The van der Waals surface area contributed by atoms with Crippen molar-refractivity contribution >= 4 is 52.5 Å². The summed E-state index contributed by atoms with van der Waals surface area (Å²) in [6.45, 7) is 3.90. The van der Waals surface area contributed by atoms with Gasteiger partial charge in [-0.25, -0.2) is 0 Å². The molecule has 27 heavy (non-hydrogen) atoms. The number of anilines is 1. The first kappa shape index (κ1) is 18.8. The van der Waals surface area contributed by atoms with Gasteiger partial charge in [0.2, 0.25) is 0 Å². The second kappa shape index (κ2) is 8.16.